The first-order chi connectivity index (χ1) is 8.53. The molecule has 18 heavy (non-hydrogen) atoms. The lowest BCUT2D eigenvalue weighted by molar-refractivity contribution is 0.0357. The van der Waals surface area contributed by atoms with E-state index in [9.17, 15) is 0 Å². The Morgan fingerprint density at radius 3 is 2.50 bits per heavy atom. The average Bonchev–Trinajstić information content (AvgIpc) is 2.67. The van der Waals surface area contributed by atoms with E-state index in [1.165, 1.54) is 45.2 Å². The van der Waals surface area contributed by atoms with E-state index >= 15 is 0 Å². The van der Waals surface area contributed by atoms with Gasteiger partial charge in [0, 0.05) is 26.2 Å². The molecule has 0 amide bonds. The van der Waals surface area contributed by atoms with E-state index in [0.717, 1.165) is 13.1 Å². The van der Waals surface area contributed by atoms with Crippen molar-refractivity contribution in [2.24, 2.45) is 11.1 Å². The van der Waals surface area contributed by atoms with Crippen molar-refractivity contribution in [2.45, 2.75) is 59.0 Å². The van der Waals surface area contributed by atoms with Crippen LogP contribution in [0.3, 0.4) is 0 Å². The van der Waals surface area contributed by atoms with Crippen LogP contribution < -0.4 is 5.73 Å². The van der Waals surface area contributed by atoms with E-state index in [1.54, 1.807) is 0 Å². The topological polar surface area (TPSA) is 32.5 Å². The molecule has 0 spiro atoms. The number of nitrogens with two attached hydrogens (primary N) is 1. The fraction of sp³-hybridized carbons (Fsp3) is 1.00. The molecule has 0 saturated carbocycles. The number of rotatable bonds is 8. The van der Waals surface area contributed by atoms with Gasteiger partial charge in [-0.15, -0.1) is 0 Å². The lowest BCUT2D eigenvalue weighted by atomic mass is 9.82. The first kappa shape index (κ1) is 15.9. The smallest absolute Gasteiger partial charge is 0.0673 e. The van der Waals surface area contributed by atoms with Crippen LogP contribution >= 0.6 is 0 Å². The number of nitrogens with zero attached hydrogens (tertiary/aromatic N) is 2. The first-order valence-corrected chi connectivity index (χ1v) is 7.67. The molecule has 1 unspecified atom stereocenters. The molecular weight excluding hydrogens is 222 g/mol. The van der Waals surface area contributed by atoms with Crippen molar-refractivity contribution in [3.05, 3.63) is 0 Å². The minimum absolute atomic E-state index is 0.369. The highest BCUT2D eigenvalue weighted by Gasteiger charge is 2.39. The summed E-state index contributed by atoms with van der Waals surface area (Å²) in [6.07, 6.45) is 7.34. The maximum absolute atomic E-state index is 5.74. The predicted molar refractivity (Wildman–Crippen MR) is 79.6 cm³/mol. The molecule has 0 aromatic heterocycles. The molecular formula is C15H33N3. The Labute approximate surface area is 114 Å². The van der Waals surface area contributed by atoms with Gasteiger partial charge in [0.05, 0.1) is 6.17 Å². The fourth-order valence-electron chi connectivity index (χ4n) is 3.44. The summed E-state index contributed by atoms with van der Waals surface area (Å²) >= 11 is 0. The highest BCUT2D eigenvalue weighted by molar-refractivity contribution is 4.90. The Morgan fingerprint density at radius 1 is 1.17 bits per heavy atom. The SMILES string of the molecule is CCCCCCC(C)(C)C1N(C)CCN1CCN. The van der Waals surface area contributed by atoms with Crippen LogP contribution in [0.1, 0.15) is 52.9 Å². The standard InChI is InChI=1S/C15H33N3/c1-5-6-7-8-9-15(2,3)14-17(4)12-13-18(14)11-10-16/h14H,5-13,16H2,1-4H3. The number of unbranched alkanes of at least 4 members (excludes halogenated alkanes) is 3. The molecule has 3 nitrogen and oxygen atoms in total. The van der Waals surface area contributed by atoms with Gasteiger partial charge in [-0.3, -0.25) is 9.80 Å². The Kier molecular flexibility index (Phi) is 6.61. The number of hydrogen-bond donors (Lipinski definition) is 1. The molecule has 1 heterocycles. The van der Waals surface area contributed by atoms with Gasteiger partial charge in [0.15, 0.2) is 0 Å². The van der Waals surface area contributed by atoms with Crippen molar-refractivity contribution >= 4 is 0 Å². The van der Waals surface area contributed by atoms with Gasteiger partial charge in [-0.05, 0) is 18.9 Å². The van der Waals surface area contributed by atoms with E-state index in [-0.39, 0.29) is 0 Å². The Bertz CT molecular complexity index is 226. The summed E-state index contributed by atoms with van der Waals surface area (Å²) in [5.41, 5.74) is 6.11. The van der Waals surface area contributed by atoms with Gasteiger partial charge in [0.1, 0.15) is 0 Å². The zero-order chi connectivity index (χ0) is 13.6. The first-order valence-electron chi connectivity index (χ1n) is 7.67. The summed E-state index contributed by atoms with van der Waals surface area (Å²) in [5, 5.41) is 0. The van der Waals surface area contributed by atoms with Gasteiger partial charge >= 0.3 is 0 Å². The number of hydrogen-bond acceptors (Lipinski definition) is 3. The third kappa shape index (κ3) is 4.22. The predicted octanol–water partition coefficient (Wildman–Crippen LogP) is 2.52. The van der Waals surface area contributed by atoms with E-state index < -0.39 is 0 Å². The monoisotopic (exact) mass is 255 g/mol. The Balaban J connectivity index is 2.51. The molecule has 1 rings (SSSR count). The minimum atomic E-state index is 0.369. The molecule has 2 N–H and O–H groups in total. The largest absolute Gasteiger partial charge is 0.329 e. The zero-order valence-corrected chi connectivity index (χ0v) is 12.9. The van der Waals surface area contributed by atoms with E-state index in [2.05, 4.69) is 37.6 Å². The molecule has 1 aliphatic rings. The second-order valence-electron chi connectivity index (χ2n) is 6.48. The molecule has 0 aromatic carbocycles. The third-order valence-electron chi connectivity index (χ3n) is 4.29. The van der Waals surface area contributed by atoms with Crippen LogP contribution in [0.5, 0.6) is 0 Å². The van der Waals surface area contributed by atoms with Crippen LogP contribution in [0.2, 0.25) is 0 Å². The minimum Gasteiger partial charge on any atom is -0.329 e. The summed E-state index contributed by atoms with van der Waals surface area (Å²) in [4.78, 5) is 5.08. The Morgan fingerprint density at radius 2 is 1.89 bits per heavy atom. The molecule has 1 fully saturated rings. The average molecular weight is 255 g/mol. The van der Waals surface area contributed by atoms with Gasteiger partial charge < -0.3 is 5.73 Å². The van der Waals surface area contributed by atoms with Crippen molar-refractivity contribution in [1.29, 1.82) is 0 Å². The van der Waals surface area contributed by atoms with Crippen molar-refractivity contribution in [1.82, 2.24) is 9.80 Å². The molecule has 0 aromatic rings. The van der Waals surface area contributed by atoms with Crippen LogP contribution in [0.4, 0.5) is 0 Å². The van der Waals surface area contributed by atoms with Crippen LogP contribution in [0.15, 0.2) is 0 Å². The van der Waals surface area contributed by atoms with Crippen LogP contribution in [0.25, 0.3) is 0 Å². The molecule has 0 radical (unpaired) electrons. The van der Waals surface area contributed by atoms with E-state index in [4.69, 9.17) is 5.73 Å². The second-order valence-corrected chi connectivity index (χ2v) is 6.48. The maximum atomic E-state index is 5.74. The fourth-order valence-corrected chi connectivity index (χ4v) is 3.44. The van der Waals surface area contributed by atoms with Gasteiger partial charge in [0.25, 0.3) is 0 Å². The summed E-state index contributed by atoms with van der Waals surface area (Å²) in [7, 11) is 2.26. The quantitative estimate of drug-likeness (QED) is 0.677. The van der Waals surface area contributed by atoms with Crippen LogP contribution in [-0.2, 0) is 0 Å². The molecule has 3 heteroatoms. The van der Waals surface area contributed by atoms with Crippen LogP contribution in [0, 0.1) is 5.41 Å². The molecule has 1 atom stereocenters. The lowest BCUT2D eigenvalue weighted by Crippen LogP contribution is -2.49. The van der Waals surface area contributed by atoms with Crippen LogP contribution in [-0.4, -0.2) is 49.2 Å². The normalized spacial score (nSPS) is 22.8. The van der Waals surface area contributed by atoms with Gasteiger partial charge in [-0.1, -0.05) is 46.5 Å². The second kappa shape index (κ2) is 7.46. The van der Waals surface area contributed by atoms with Crippen molar-refractivity contribution in [2.75, 3.05) is 33.2 Å². The molecule has 1 aliphatic heterocycles. The molecule has 108 valence electrons. The summed E-state index contributed by atoms with van der Waals surface area (Å²) in [6, 6.07) is 0. The van der Waals surface area contributed by atoms with Gasteiger partial charge in [0.2, 0.25) is 0 Å². The van der Waals surface area contributed by atoms with Crippen molar-refractivity contribution in [3.63, 3.8) is 0 Å². The highest BCUT2D eigenvalue weighted by atomic mass is 15.4. The molecule has 0 bridgehead atoms. The highest BCUT2D eigenvalue weighted by Crippen LogP contribution is 2.35. The van der Waals surface area contributed by atoms with Gasteiger partial charge in [-0.25, -0.2) is 0 Å². The lowest BCUT2D eigenvalue weighted by Gasteiger charge is -2.41. The van der Waals surface area contributed by atoms with Crippen molar-refractivity contribution in [3.8, 4) is 0 Å². The Hall–Kier alpha value is -0.120. The summed E-state index contributed by atoms with van der Waals surface area (Å²) in [6.45, 7) is 11.3. The molecule has 1 saturated heterocycles. The summed E-state index contributed by atoms with van der Waals surface area (Å²) in [5.74, 6) is 0. The summed E-state index contributed by atoms with van der Waals surface area (Å²) < 4.78 is 0. The third-order valence-corrected chi connectivity index (χ3v) is 4.29. The zero-order valence-electron chi connectivity index (χ0n) is 12.9. The van der Waals surface area contributed by atoms with E-state index in [0.29, 0.717) is 11.6 Å². The number of likely N-dealkylation sites (N-methyl/N-ethyl adjacent to an activating group) is 1. The van der Waals surface area contributed by atoms with E-state index in [1.807, 2.05) is 0 Å². The van der Waals surface area contributed by atoms with Gasteiger partial charge in [-0.2, -0.15) is 0 Å². The molecule has 0 aliphatic carbocycles. The van der Waals surface area contributed by atoms with Crippen molar-refractivity contribution < 1.29 is 0 Å². The maximum Gasteiger partial charge on any atom is 0.0673 e.